The van der Waals surface area contributed by atoms with Crippen LogP contribution in [-0.2, 0) is 4.74 Å². The largest absolute Gasteiger partial charge is 0.394 e. The number of nitrogens with zero attached hydrogens (tertiary/aromatic N) is 4. The molecule has 1 saturated carbocycles. The number of aliphatic hydroxyl groups excluding tert-OH is 1. The number of pyridine rings is 1. The normalized spacial score (nSPS) is 25.0. The molecule has 0 aromatic carbocycles. The average molecular weight is 344 g/mol. The minimum atomic E-state index is -0.328. The first-order chi connectivity index (χ1) is 12.2. The van der Waals surface area contributed by atoms with Gasteiger partial charge >= 0.3 is 0 Å². The van der Waals surface area contributed by atoms with Gasteiger partial charge in [-0.05, 0) is 25.8 Å². The van der Waals surface area contributed by atoms with Gasteiger partial charge in [0.05, 0.1) is 30.7 Å². The monoisotopic (exact) mass is 344 g/mol. The number of aromatic nitrogens is 3. The van der Waals surface area contributed by atoms with Gasteiger partial charge in [0.25, 0.3) is 5.91 Å². The Balaban J connectivity index is 1.58. The Kier molecular flexibility index (Phi) is 4.43. The van der Waals surface area contributed by atoms with Crippen LogP contribution in [0.3, 0.4) is 0 Å². The first-order valence-electron chi connectivity index (χ1n) is 9.04. The Morgan fingerprint density at radius 1 is 1.32 bits per heavy atom. The predicted molar refractivity (Wildman–Crippen MR) is 92.4 cm³/mol. The van der Waals surface area contributed by atoms with Crippen LogP contribution in [0.15, 0.2) is 18.6 Å². The number of aliphatic hydroxyl groups is 1. The molecular weight excluding hydrogens is 320 g/mol. The summed E-state index contributed by atoms with van der Waals surface area (Å²) in [6.07, 6.45) is 7.92. The summed E-state index contributed by atoms with van der Waals surface area (Å²) in [6.45, 7) is 2.74. The minimum absolute atomic E-state index is 0.0848. The Labute approximate surface area is 146 Å². The van der Waals surface area contributed by atoms with Crippen LogP contribution in [0.4, 0.5) is 0 Å². The first-order valence-corrected chi connectivity index (χ1v) is 9.04. The highest BCUT2D eigenvalue weighted by Gasteiger charge is 2.29. The van der Waals surface area contributed by atoms with Crippen LogP contribution in [-0.4, -0.2) is 62.4 Å². The van der Waals surface area contributed by atoms with E-state index in [2.05, 4.69) is 14.5 Å². The number of morpholine rings is 1. The zero-order valence-corrected chi connectivity index (χ0v) is 14.5. The standard InChI is InChI=1S/C18H24N4O3/c1-12-8-21(9-15(10-23)25-12)18(24)13-6-16-17(19-7-13)22(11-20-16)14-4-2-3-5-14/h6-7,11-12,14-15,23H,2-5,8-10H2,1H3/t12-,15-/m0/s1. The molecule has 0 unspecified atom stereocenters. The van der Waals surface area contributed by atoms with Crippen molar-refractivity contribution < 1.29 is 14.6 Å². The van der Waals surface area contributed by atoms with Gasteiger partial charge in [0.1, 0.15) is 5.52 Å². The topological polar surface area (TPSA) is 80.5 Å². The molecule has 1 N–H and O–H groups in total. The third-order valence-electron chi connectivity index (χ3n) is 5.20. The summed E-state index contributed by atoms with van der Waals surface area (Å²) in [5, 5.41) is 9.34. The van der Waals surface area contributed by atoms with Crippen LogP contribution in [0, 0.1) is 0 Å². The van der Waals surface area contributed by atoms with Crippen molar-refractivity contribution in [2.45, 2.75) is 50.9 Å². The smallest absolute Gasteiger partial charge is 0.255 e. The lowest BCUT2D eigenvalue weighted by molar-refractivity contribution is -0.0858. The fourth-order valence-electron chi connectivity index (χ4n) is 3.98. The molecule has 3 heterocycles. The SMILES string of the molecule is C[C@H]1CN(C(=O)c2cnc3c(c2)ncn3C2CCCC2)C[C@@H](CO)O1. The van der Waals surface area contributed by atoms with Crippen LogP contribution in [0.2, 0.25) is 0 Å². The molecule has 2 aromatic rings. The van der Waals surface area contributed by atoms with Crippen molar-refractivity contribution in [1.82, 2.24) is 19.4 Å². The average Bonchev–Trinajstić information content (AvgIpc) is 3.29. The van der Waals surface area contributed by atoms with Gasteiger partial charge in [0, 0.05) is 25.3 Å². The van der Waals surface area contributed by atoms with Gasteiger partial charge in [-0.15, -0.1) is 0 Å². The number of carbonyl (C=O) groups excluding carboxylic acids is 1. The van der Waals surface area contributed by atoms with Crippen molar-refractivity contribution in [3.05, 3.63) is 24.2 Å². The van der Waals surface area contributed by atoms with E-state index in [-0.39, 0.29) is 24.7 Å². The van der Waals surface area contributed by atoms with E-state index in [1.54, 1.807) is 11.1 Å². The summed E-state index contributed by atoms with van der Waals surface area (Å²) >= 11 is 0. The van der Waals surface area contributed by atoms with Crippen LogP contribution < -0.4 is 0 Å². The van der Waals surface area contributed by atoms with Gasteiger partial charge in [-0.3, -0.25) is 4.79 Å². The van der Waals surface area contributed by atoms with Crippen molar-refractivity contribution in [3.63, 3.8) is 0 Å². The highest BCUT2D eigenvalue weighted by atomic mass is 16.5. The van der Waals surface area contributed by atoms with Crippen molar-refractivity contribution in [2.75, 3.05) is 19.7 Å². The van der Waals surface area contributed by atoms with Crippen LogP contribution in [0.25, 0.3) is 11.2 Å². The minimum Gasteiger partial charge on any atom is -0.394 e. The maximum atomic E-state index is 12.8. The fourth-order valence-corrected chi connectivity index (χ4v) is 3.98. The van der Waals surface area contributed by atoms with Crippen LogP contribution in [0.1, 0.15) is 49.0 Å². The highest BCUT2D eigenvalue weighted by molar-refractivity contribution is 5.96. The van der Waals surface area contributed by atoms with Crippen molar-refractivity contribution in [3.8, 4) is 0 Å². The molecule has 1 amide bonds. The zero-order chi connectivity index (χ0) is 17.4. The number of hydrogen-bond acceptors (Lipinski definition) is 5. The maximum absolute atomic E-state index is 12.8. The zero-order valence-electron chi connectivity index (χ0n) is 14.5. The third kappa shape index (κ3) is 3.14. The molecule has 1 aliphatic carbocycles. The molecule has 1 saturated heterocycles. The summed E-state index contributed by atoms with van der Waals surface area (Å²) in [5.41, 5.74) is 2.15. The summed E-state index contributed by atoms with van der Waals surface area (Å²) < 4.78 is 7.76. The second-order valence-corrected chi connectivity index (χ2v) is 7.12. The van der Waals surface area contributed by atoms with Gasteiger partial charge in [-0.2, -0.15) is 0 Å². The first kappa shape index (κ1) is 16.5. The lowest BCUT2D eigenvalue weighted by Crippen LogP contribution is -2.50. The second-order valence-electron chi connectivity index (χ2n) is 7.12. The van der Waals surface area contributed by atoms with Crippen LogP contribution >= 0.6 is 0 Å². The number of fused-ring (bicyclic) bond motifs is 1. The lowest BCUT2D eigenvalue weighted by atomic mass is 10.1. The molecule has 0 radical (unpaired) electrons. The molecule has 0 bridgehead atoms. The number of ether oxygens (including phenoxy) is 1. The molecular formula is C18H24N4O3. The molecule has 7 nitrogen and oxygen atoms in total. The maximum Gasteiger partial charge on any atom is 0.255 e. The molecule has 2 fully saturated rings. The van der Waals surface area contributed by atoms with Gasteiger partial charge in [0.15, 0.2) is 5.65 Å². The molecule has 0 spiro atoms. The summed E-state index contributed by atoms with van der Waals surface area (Å²) in [5.74, 6) is -0.0848. The molecule has 2 aromatic heterocycles. The van der Waals surface area contributed by atoms with E-state index < -0.39 is 0 Å². The second kappa shape index (κ2) is 6.72. The van der Waals surface area contributed by atoms with Crippen molar-refractivity contribution in [2.24, 2.45) is 0 Å². The highest BCUT2D eigenvalue weighted by Crippen LogP contribution is 2.31. The molecule has 2 atom stereocenters. The van der Waals surface area contributed by atoms with Crippen molar-refractivity contribution >= 4 is 17.1 Å². The number of imidazole rings is 1. The van der Waals surface area contributed by atoms with E-state index in [4.69, 9.17) is 4.74 Å². The number of carbonyl (C=O) groups is 1. The Morgan fingerprint density at radius 2 is 2.12 bits per heavy atom. The summed E-state index contributed by atoms with van der Waals surface area (Å²) in [7, 11) is 0. The summed E-state index contributed by atoms with van der Waals surface area (Å²) in [4.78, 5) is 23.6. The van der Waals surface area contributed by atoms with E-state index in [0.717, 1.165) is 11.2 Å². The Morgan fingerprint density at radius 3 is 2.88 bits per heavy atom. The van der Waals surface area contributed by atoms with E-state index in [1.165, 1.54) is 25.7 Å². The number of rotatable bonds is 3. The summed E-state index contributed by atoms with van der Waals surface area (Å²) in [6, 6.07) is 2.30. The Bertz CT molecular complexity index is 769. The van der Waals surface area contributed by atoms with E-state index in [1.807, 2.05) is 19.3 Å². The molecule has 25 heavy (non-hydrogen) atoms. The van der Waals surface area contributed by atoms with E-state index in [9.17, 15) is 9.90 Å². The Hall–Kier alpha value is -1.99. The molecule has 7 heteroatoms. The quantitative estimate of drug-likeness (QED) is 0.918. The molecule has 134 valence electrons. The molecule has 4 rings (SSSR count). The van der Waals surface area contributed by atoms with Gasteiger partial charge in [-0.25, -0.2) is 9.97 Å². The number of hydrogen-bond donors (Lipinski definition) is 1. The molecule has 2 aliphatic rings. The van der Waals surface area contributed by atoms with Gasteiger partial charge in [-0.1, -0.05) is 12.8 Å². The van der Waals surface area contributed by atoms with Crippen LogP contribution in [0.5, 0.6) is 0 Å². The molecule has 1 aliphatic heterocycles. The lowest BCUT2D eigenvalue weighted by Gasteiger charge is -2.36. The number of amides is 1. The van der Waals surface area contributed by atoms with Gasteiger partial charge < -0.3 is 19.3 Å². The van der Waals surface area contributed by atoms with Crippen molar-refractivity contribution in [1.29, 1.82) is 0 Å². The van der Waals surface area contributed by atoms with Gasteiger partial charge in [0.2, 0.25) is 0 Å². The van der Waals surface area contributed by atoms with E-state index >= 15 is 0 Å². The fraction of sp³-hybridized carbons (Fsp3) is 0.611. The third-order valence-corrected chi connectivity index (χ3v) is 5.20. The predicted octanol–water partition coefficient (Wildman–Crippen LogP) is 1.77. The van der Waals surface area contributed by atoms with E-state index in [0.29, 0.717) is 24.7 Å².